The van der Waals surface area contributed by atoms with Gasteiger partial charge in [0.25, 0.3) is 0 Å². The normalized spacial score (nSPS) is 11.3. The van der Waals surface area contributed by atoms with E-state index < -0.39 is 5.69 Å². The molecule has 0 fully saturated rings. The first-order valence-electron chi connectivity index (χ1n) is 8.67. The summed E-state index contributed by atoms with van der Waals surface area (Å²) in [5, 5.41) is 13.7. The van der Waals surface area contributed by atoms with Crippen LogP contribution in [0.4, 0.5) is 0 Å². The van der Waals surface area contributed by atoms with Gasteiger partial charge in [0, 0.05) is 5.56 Å². The highest BCUT2D eigenvalue weighted by molar-refractivity contribution is 6.00. The maximum Gasteiger partial charge on any atom is 0.365 e. The van der Waals surface area contributed by atoms with E-state index >= 15 is 0 Å². The number of benzene rings is 2. The van der Waals surface area contributed by atoms with E-state index in [1.54, 1.807) is 25.3 Å². The molecule has 9 heteroatoms. The van der Waals surface area contributed by atoms with E-state index in [0.29, 0.717) is 22.7 Å². The van der Waals surface area contributed by atoms with Crippen LogP contribution >= 0.6 is 0 Å². The van der Waals surface area contributed by atoms with Gasteiger partial charge in [-0.15, -0.1) is 0 Å². The Morgan fingerprint density at radius 3 is 2.71 bits per heavy atom. The van der Waals surface area contributed by atoms with Crippen LogP contribution in [0.5, 0.6) is 11.5 Å². The number of hydrogen-bond acceptors (Lipinski definition) is 7. The Labute approximate surface area is 161 Å². The summed E-state index contributed by atoms with van der Waals surface area (Å²) >= 11 is 0. The van der Waals surface area contributed by atoms with Gasteiger partial charge in [-0.2, -0.15) is 4.68 Å². The Kier molecular flexibility index (Phi) is 6.05. The zero-order valence-electron chi connectivity index (χ0n) is 15.9. The smallest absolute Gasteiger partial charge is 0.365 e. The number of ether oxygens (including phenoxy) is 2. The van der Waals surface area contributed by atoms with Crippen LogP contribution in [0.25, 0.3) is 5.69 Å². The number of hydrogen-bond donors (Lipinski definition) is 1. The molecule has 9 nitrogen and oxygen atoms in total. The topological polar surface area (TPSA) is 104 Å². The van der Waals surface area contributed by atoms with Gasteiger partial charge in [0.2, 0.25) is 0 Å². The van der Waals surface area contributed by atoms with Crippen molar-refractivity contribution in [2.45, 2.75) is 20.0 Å². The zero-order valence-corrected chi connectivity index (χ0v) is 15.9. The number of tetrazole rings is 1. The number of H-pyrrole nitrogens is 1. The molecule has 0 aliphatic heterocycles. The third-order valence-electron chi connectivity index (χ3n) is 4.12. The average molecular weight is 383 g/mol. The van der Waals surface area contributed by atoms with Crippen molar-refractivity contribution in [2.75, 3.05) is 14.2 Å². The van der Waals surface area contributed by atoms with Gasteiger partial charge < -0.3 is 14.3 Å². The van der Waals surface area contributed by atoms with Crippen LogP contribution in [-0.4, -0.2) is 40.1 Å². The van der Waals surface area contributed by atoms with Crippen molar-refractivity contribution < 1.29 is 14.3 Å². The minimum absolute atomic E-state index is 0.172. The summed E-state index contributed by atoms with van der Waals surface area (Å²) in [7, 11) is 3.08. The van der Waals surface area contributed by atoms with Gasteiger partial charge >= 0.3 is 5.69 Å². The van der Waals surface area contributed by atoms with E-state index in [4.69, 9.17) is 14.3 Å². The quantitative estimate of drug-likeness (QED) is 0.473. The predicted molar refractivity (Wildman–Crippen MR) is 103 cm³/mol. The van der Waals surface area contributed by atoms with Crippen LogP contribution in [0.15, 0.2) is 52.4 Å². The van der Waals surface area contributed by atoms with E-state index in [2.05, 4.69) is 20.7 Å². The lowest BCUT2D eigenvalue weighted by atomic mass is 10.1. The van der Waals surface area contributed by atoms with Gasteiger partial charge in [-0.3, -0.25) is 0 Å². The maximum atomic E-state index is 11.9. The molecule has 0 saturated heterocycles. The predicted octanol–water partition coefficient (Wildman–Crippen LogP) is 2.30. The molecule has 0 atom stereocenters. The van der Waals surface area contributed by atoms with E-state index in [1.165, 1.54) is 7.11 Å². The van der Waals surface area contributed by atoms with Gasteiger partial charge in [0.1, 0.15) is 25.2 Å². The second-order valence-electron chi connectivity index (χ2n) is 5.77. The van der Waals surface area contributed by atoms with Crippen LogP contribution < -0.4 is 15.2 Å². The van der Waals surface area contributed by atoms with Crippen LogP contribution in [-0.2, 0) is 11.4 Å². The van der Waals surface area contributed by atoms with E-state index in [-0.39, 0.29) is 6.61 Å². The summed E-state index contributed by atoms with van der Waals surface area (Å²) in [5.74, 6) is 1.23. The third-order valence-corrected chi connectivity index (χ3v) is 4.12. The SMILES string of the molecule is CCC(=NOC)c1cccc(OCc2c(OC)cccc2-n2nn[nH]c2=O)c1. The fourth-order valence-corrected chi connectivity index (χ4v) is 2.80. The summed E-state index contributed by atoms with van der Waals surface area (Å²) in [6.07, 6.45) is 0.725. The molecule has 0 bridgehead atoms. The standard InChI is InChI=1S/C19H21N5O4/c1-4-16(21-27-3)13-7-5-8-14(11-13)28-12-15-17(9-6-10-18(15)26-2)24-19(25)20-22-23-24/h5-11H,4,12H2,1-3H3,(H,20,23,25). The first-order valence-corrected chi connectivity index (χ1v) is 8.67. The number of nitrogens with one attached hydrogen (secondary N) is 1. The van der Waals surface area contributed by atoms with Crippen LogP contribution in [0.3, 0.4) is 0 Å². The molecule has 1 heterocycles. The summed E-state index contributed by atoms with van der Waals surface area (Å²) in [6, 6.07) is 12.9. The number of oxime groups is 1. The minimum atomic E-state index is -0.445. The number of aromatic nitrogens is 4. The molecule has 1 aromatic heterocycles. The van der Waals surface area contributed by atoms with E-state index in [1.807, 2.05) is 31.2 Å². The minimum Gasteiger partial charge on any atom is -0.496 e. The Balaban J connectivity index is 1.90. The summed E-state index contributed by atoms with van der Waals surface area (Å²) in [6.45, 7) is 2.17. The lowest BCUT2D eigenvalue weighted by Gasteiger charge is -2.14. The number of aromatic amines is 1. The summed E-state index contributed by atoms with van der Waals surface area (Å²) < 4.78 is 12.6. The molecular weight excluding hydrogens is 362 g/mol. The lowest BCUT2D eigenvalue weighted by molar-refractivity contribution is 0.213. The molecule has 3 rings (SSSR count). The molecule has 0 aliphatic carbocycles. The highest BCUT2D eigenvalue weighted by atomic mass is 16.6. The molecule has 0 spiro atoms. The molecule has 1 N–H and O–H groups in total. The largest absolute Gasteiger partial charge is 0.496 e. The number of rotatable bonds is 8. The van der Waals surface area contributed by atoms with Crippen molar-refractivity contribution in [3.8, 4) is 17.2 Å². The molecule has 0 saturated carbocycles. The fraction of sp³-hybridized carbons (Fsp3) is 0.263. The van der Waals surface area contributed by atoms with Gasteiger partial charge in [-0.25, -0.2) is 9.89 Å². The van der Waals surface area contributed by atoms with Gasteiger partial charge in [0.15, 0.2) is 0 Å². The Morgan fingerprint density at radius 1 is 1.21 bits per heavy atom. The maximum absolute atomic E-state index is 11.9. The summed E-state index contributed by atoms with van der Waals surface area (Å²) in [4.78, 5) is 16.8. The molecule has 0 aliphatic rings. The number of nitrogens with zero attached hydrogens (tertiary/aromatic N) is 4. The first-order chi connectivity index (χ1) is 13.7. The van der Waals surface area contributed by atoms with Crippen molar-refractivity contribution in [1.29, 1.82) is 0 Å². The number of methoxy groups -OCH3 is 1. The fourth-order valence-electron chi connectivity index (χ4n) is 2.80. The molecular formula is C19H21N5O4. The molecule has 2 aromatic carbocycles. The first kappa shape index (κ1) is 19.2. The van der Waals surface area contributed by atoms with Crippen molar-refractivity contribution in [1.82, 2.24) is 20.2 Å². The average Bonchev–Trinajstić information content (AvgIpc) is 3.16. The Bertz CT molecular complexity index is 1020. The van der Waals surface area contributed by atoms with Crippen LogP contribution in [0, 0.1) is 0 Å². The van der Waals surface area contributed by atoms with Crippen molar-refractivity contribution in [2.24, 2.45) is 5.16 Å². The molecule has 28 heavy (non-hydrogen) atoms. The van der Waals surface area contributed by atoms with Crippen LogP contribution in [0.2, 0.25) is 0 Å². The van der Waals surface area contributed by atoms with Crippen molar-refractivity contribution in [3.05, 3.63) is 64.1 Å². The molecule has 146 valence electrons. The Hall–Kier alpha value is -3.62. The third kappa shape index (κ3) is 4.03. The molecule has 0 unspecified atom stereocenters. The van der Waals surface area contributed by atoms with Gasteiger partial charge in [-0.1, -0.05) is 30.3 Å². The zero-order chi connectivity index (χ0) is 19.9. The molecule has 0 radical (unpaired) electrons. The van der Waals surface area contributed by atoms with E-state index in [0.717, 1.165) is 22.4 Å². The highest BCUT2D eigenvalue weighted by Gasteiger charge is 2.15. The van der Waals surface area contributed by atoms with Crippen LogP contribution in [0.1, 0.15) is 24.5 Å². The monoisotopic (exact) mass is 383 g/mol. The van der Waals surface area contributed by atoms with E-state index in [9.17, 15) is 4.79 Å². The van der Waals surface area contributed by atoms with Crippen molar-refractivity contribution in [3.63, 3.8) is 0 Å². The lowest BCUT2D eigenvalue weighted by Crippen LogP contribution is -2.18. The Morgan fingerprint density at radius 2 is 2.04 bits per heavy atom. The molecule has 0 amide bonds. The van der Waals surface area contributed by atoms with Gasteiger partial charge in [0.05, 0.1) is 24.1 Å². The van der Waals surface area contributed by atoms with Crippen molar-refractivity contribution >= 4 is 5.71 Å². The van der Waals surface area contributed by atoms with Gasteiger partial charge in [-0.05, 0) is 41.1 Å². The summed E-state index contributed by atoms with van der Waals surface area (Å²) in [5.41, 5.74) is 2.49. The second-order valence-corrected chi connectivity index (χ2v) is 5.77. The second kappa shape index (κ2) is 8.85. The highest BCUT2D eigenvalue weighted by Crippen LogP contribution is 2.26. The molecule has 3 aromatic rings.